The van der Waals surface area contributed by atoms with Crippen LogP contribution in [0.4, 0.5) is 11.4 Å². The van der Waals surface area contributed by atoms with E-state index in [-0.39, 0.29) is 5.41 Å². The standard InChI is InChI=1S/C35H35N/c1-24-21-25-9-8-12-28(22-25)35(24)33-14-7-6-13-31(33)32-20-19-30(23-34(32)35)36(2)29-17-15-27(16-18-29)26-10-4-3-5-11-26/h3-7,10-11,13-20,23-25,28H,8-9,12,21-22H2,1-2H3. The molecule has 4 atom stereocenters. The number of nitrogens with zero attached hydrogens (tertiary/aromatic N) is 1. The van der Waals surface area contributed by atoms with Crippen LogP contribution in [0.15, 0.2) is 97.1 Å². The van der Waals surface area contributed by atoms with Gasteiger partial charge in [0.15, 0.2) is 0 Å². The van der Waals surface area contributed by atoms with Crippen LogP contribution in [0.5, 0.6) is 0 Å². The molecule has 1 heteroatoms. The molecule has 3 aliphatic carbocycles. The highest BCUT2D eigenvalue weighted by atomic mass is 15.1. The first kappa shape index (κ1) is 21.9. The Labute approximate surface area is 215 Å². The van der Waals surface area contributed by atoms with Crippen molar-refractivity contribution in [2.45, 2.75) is 44.4 Å². The van der Waals surface area contributed by atoms with Gasteiger partial charge < -0.3 is 4.90 Å². The summed E-state index contributed by atoms with van der Waals surface area (Å²) in [6.07, 6.45) is 6.97. The molecule has 2 saturated carbocycles. The summed E-state index contributed by atoms with van der Waals surface area (Å²) in [6.45, 7) is 2.55. The van der Waals surface area contributed by atoms with Gasteiger partial charge in [0.1, 0.15) is 0 Å². The van der Waals surface area contributed by atoms with Crippen molar-refractivity contribution in [3.63, 3.8) is 0 Å². The number of rotatable bonds is 3. The molecule has 2 fully saturated rings. The Bertz CT molecular complexity index is 1400. The van der Waals surface area contributed by atoms with Gasteiger partial charge in [-0.2, -0.15) is 0 Å². The monoisotopic (exact) mass is 469 g/mol. The second-order valence-corrected chi connectivity index (χ2v) is 11.5. The van der Waals surface area contributed by atoms with Gasteiger partial charge in [0.2, 0.25) is 0 Å². The second-order valence-electron chi connectivity index (χ2n) is 11.5. The van der Waals surface area contributed by atoms with Crippen molar-refractivity contribution in [1.29, 1.82) is 0 Å². The SMILES string of the molecule is CC1CC2CCCC(C2)C12c1ccccc1-c1ccc(N(C)c3ccc(-c4ccccc4)cc3)cc12. The van der Waals surface area contributed by atoms with Gasteiger partial charge in [-0.25, -0.2) is 0 Å². The summed E-state index contributed by atoms with van der Waals surface area (Å²) in [5, 5.41) is 0. The lowest BCUT2D eigenvalue weighted by molar-refractivity contribution is 0.0670. The summed E-state index contributed by atoms with van der Waals surface area (Å²) in [7, 11) is 2.22. The van der Waals surface area contributed by atoms with Gasteiger partial charge in [-0.05, 0) is 94.7 Å². The van der Waals surface area contributed by atoms with Crippen LogP contribution < -0.4 is 4.90 Å². The van der Waals surface area contributed by atoms with Crippen LogP contribution in [0, 0.1) is 17.8 Å². The van der Waals surface area contributed by atoms with Crippen molar-refractivity contribution >= 4 is 11.4 Å². The summed E-state index contributed by atoms with van der Waals surface area (Å²) in [5.74, 6) is 2.36. The first-order valence-corrected chi connectivity index (χ1v) is 13.8. The average Bonchev–Trinajstić information content (AvgIpc) is 3.23. The molecule has 0 radical (unpaired) electrons. The van der Waals surface area contributed by atoms with Crippen molar-refractivity contribution in [2.24, 2.45) is 17.8 Å². The smallest absolute Gasteiger partial charge is 0.0411 e. The lowest BCUT2D eigenvalue weighted by atomic mass is 9.51. The van der Waals surface area contributed by atoms with Crippen LogP contribution in [0.3, 0.4) is 0 Å². The van der Waals surface area contributed by atoms with Crippen LogP contribution in [0.2, 0.25) is 0 Å². The minimum absolute atomic E-state index is 0.164. The summed E-state index contributed by atoms with van der Waals surface area (Å²) < 4.78 is 0. The van der Waals surface area contributed by atoms with Gasteiger partial charge in [-0.3, -0.25) is 0 Å². The van der Waals surface area contributed by atoms with Gasteiger partial charge in [0.25, 0.3) is 0 Å². The fraction of sp³-hybridized carbons (Fsp3) is 0.314. The van der Waals surface area contributed by atoms with E-state index in [2.05, 4.69) is 116 Å². The third-order valence-electron chi connectivity index (χ3n) is 9.75. The van der Waals surface area contributed by atoms with E-state index in [1.165, 1.54) is 65.7 Å². The third kappa shape index (κ3) is 3.15. The number of anilines is 2. The molecule has 3 aliphatic rings. The van der Waals surface area contributed by atoms with E-state index in [4.69, 9.17) is 0 Å². The lowest BCUT2D eigenvalue weighted by Crippen LogP contribution is -2.48. The van der Waals surface area contributed by atoms with Gasteiger partial charge >= 0.3 is 0 Å². The zero-order valence-electron chi connectivity index (χ0n) is 21.5. The topological polar surface area (TPSA) is 3.24 Å². The van der Waals surface area contributed by atoms with Crippen LogP contribution in [-0.2, 0) is 5.41 Å². The fourth-order valence-electron chi connectivity index (χ4n) is 8.18. The molecule has 4 aromatic rings. The Morgan fingerprint density at radius 2 is 1.36 bits per heavy atom. The van der Waals surface area contributed by atoms with Crippen molar-refractivity contribution in [3.8, 4) is 22.3 Å². The Kier molecular flexibility index (Phi) is 5.10. The highest BCUT2D eigenvalue weighted by Crippen LogP contribution is 2.64. The summed E-state index contributed by atoms with van der Waals surface area (Å²) in [5.41, 5.74) is 11.4. The third-order valence-corrected chi connectivity index (χ3v) is 9.75. The van der Waals surface area contributed by atoms with Crippen molar-refractivity contribution in [1.82, 2.24) is 0 Å². The molecule has 4 aromatic carbocycles. The minimum atomic E-state index is 0.164. The molecule has 0 heterocycles. The lowest BCUT2D eigenvalue weighted by Gasteiger charge is -2.53. The number of hydrogen-bond acceptors (Lipinski definition) is 1. The van der Waals surface area contributed by atoms with Crippen LogP contribution in [0.25, 0.3) is 22.3 Å². The van der Waals surface area contributed by atoms with Crippen molar-refractivity contribution in [2.75, 3.05) is 11.9 Å². The van der Waals surface area contributed by atoms with E-state index in [9.17, 15) is 0 Å². The molecule has 36 heavy (non-hydrogen) atoms. The number of benzene rings is 4. The van der Waals surface area contributed by atoms with Crippen molar-refractivity contribution in [3.05, 3.63) is 108 Å². The van der Waals surface area contributed by atoms with Crippen LogP contribution in [-0.4, -0.2) is 7.05 Å². The van der Waals surface area contributed by atoms with E-state index < -0.39 is 0 Å². The molecule has 4 unspecified atom stereocenters. The maximum absolute atomic E-state index is 2.55. The maximum atomic E-state index is 2.55. The molecular formula is C35H35N. The first-order valence-electron chi connectivity index (χ1n) is 13.8. The Balaban J connectivity index is 1.31. The highest BCUT2D eigenvalue weighted by Gasteiger charge is 2.55. The van der Waals surface area contributed by atoms with Gasteiger partial charge in [0.05, 0.1) is 0 Å². The largest absolute Gasteiger partial charge is 0.345 e. The van der Waals surface area contributed by atoms with Gasteiger partial charge in [-0.1, -0.05) is 92.6 Å². The Morgan fingerprint density at radius 3 is 2.19 bits per heavy atom. The molecular weight excluding hydrogens is 434 g/mol. The summed E-state index contributed by atoms with van der Waals surface area (Å²) in [4.78, 5) is 2.36. The molecule has 7 rings (SSSR count). The Hall–Kier alpha value is -3.32. The van der Waals surface area contributed by atoms with Crippen LogP contribution >= 0.6 is 0 Å². The molecule has 0 amide bonds. The summed E-state index contributed by atoms with van der Waals surface area (Å²) >= 11 is 0. The van der Waals surface area contributed by atoms with Gasteiger partial charge in [-0.15, -0.1) is 0 Å². The van der Waals surface area contributed by atoms with E-state index >= 15 is 0 Å². The highest BCUT2D eigenvalue weighted by molar-refractivity contribution is 5.84. The van der Waals surface area contributed by atoms with Crippen LogP contribution in [0.1, 0.15) is 50.2 Å². The zero-order chi connectivity index (χ0) is 24.3. The van der Waals surface area contributed by atoms with E-state index in [0.717, 1.165) is 11.8 Å². The molecule has 0 saturated heterocycles. The molecule has 0 aliphatic heterocycles. The molecule has 0 N–H and O–H groups in total. The van der Waals surface area contributed by atoms with Gasteiger partial charge in [0, 0.05) is 23.8 Å². The second kappa shape index (κ2) is 8.37. The average molecular weight is 470 g/mol. The van der Waals surface area contributed by atoms with E-state index in [1.54, 1.807) is 11.1 Å². The first-order chi connectivity index (χ1) is 17.7. The predicted molar refractivity (Wildman–Crippen MR) is 152 cm³/mol. The minimum Gasteiger partial charge on any atom is -0.345 e. The predicted octanol–water partition coefficient (Wildman–Crippen LogP) is 9.23. The maximum Gasteiger partial charge on any atom is 0.0411 e. The fourth-order valence-corrected chi connectivity index (χ4v) is 8.18. The van der Waals surface area contributed by atoms with Crippen molar-refractivity contribution < 1.29 is 0 Å². The summed E-state index contributed by atoms with van der Waals surface area (Å²) in [6, 6.07) is 36.3. The number of hydrogen-bond donors (Lipinski definition) is 0. The zero-order valence-corrected chi connectivity index (χ0v) is 21.5. The molecule has 180 valence electrons. The van der Waals surface area contributed by atoms with E-state index in [0.29, 0.717) is 5.92 Å². The normalized spacial score (nSPS) is 25.9. The molecule has 0 aromatic heterocycles. The molecule has 2 bridgehead atoms. The quantitative estimate of drug-likeness (QED) is 0.289. The number of fused-ring (bicyclic) bond motifs is 8. The van der Waals surface area contributed by atoms with E-state index in [1.807, 2.05) is 0 Å². The molecule has 1 nitrogen and oxygen atoms in total. The molecule has 1 spiro atoms. The Morgan fingerprint density at radius 1 is 0.667 bits per heavy atom.